The van der Waals surface area contributed by atoms with Crippen LogP contribution in [0.5, 0.6) is 11.6 Å². The van der Waals surface area contributed by atoms with Crippen LogP contribution in [0.15, 0.2) is 53.6 Å². The Labute approximate surface area is 180 Å². The number of morpholine rings is 1. The van der Waals surface area contributed by atoms with Crippen LogP contribution in [0.25, 0.3) is 5.69 Å². The van der Waals surface area contributed by atoms with Gasteiger partial charge >= 0.3 is 12.1 Å². The summed E-state index contributed by atoms with van der Waals surface area (Å²) in [5, 5.41) is 14.1. The van der Waals surface area contributed by atoms with E-state index < -0.39 is 23.8 Å². The van der Waals surface area contributed by atoms with Gasteiger partial charge in [-0.25, -0.2) is 9.36 Å². The highest BCUT2D eigenvalue weighted by atomic mass is 19.4. The standard InChI is InChI=1S/C21H21F3N4O4/c1-13-19(29)28(15-2-4-16(5-3-15)32-21(22,23)24)20(30)27(13)18(14-6-8-25-9-7-14)17-12-31-11-10-26-17/h2-9,17-18,26,29H,10-12H2,1H3. The van der Waals surface area contributed by atoms with Gasteiger partial charge in [-0.3, -0.25) is 9.55 Å². The van der Waals surface area contributed by atoms with E-state index >= 15 is 0 Å². The van der Waals surface area contributed by atoms with Crippen molar-refractivity contribution in [2.24, 2.45) is 0 Å². The Morgan fingerprint density at radius 1 is 1.22 bits per heavy atom. The van der Waals surface area contributed by atoms with Gasteiger partial charge in [0.1, 0.15) is 5.75 Å². The number of aromatic nitrogens is 3. The van der Waals surface area contributed by atoms with Gasteiger partial charge < -0.3 is 19.9 Å². The maximum Gasteiger partial charge on any atom is 0.573 e. The second-order valence-electron chi connectivity index (χ2n) is 7.30. The first-order valence-electron chi connectivity index (χ1n) is 9.86. The van der Waals surface area contributed by atoms with Gasteiger partial charge in [0.25, 0.3) is 0 Å². The van der Waals surface area contributed by atoms with Gasteiger partial charge in [-0.15, -0.1) is 13.2 Å². The minimum Gasteiger partial charge on any atom is -0.493 e. The predicted molar refractivity (Wildman–Crippen MR) is 108 cm³/mol. The van der Waals surface area contributed by atoms with Gasteiger partial charge in [0.05, 0.1) is 36.7 Å². The second kappa shape index (κ2) is 8.67. The van der Waals surface area contributed by atoms with E-state index in [-0.39, 0.29) is 17.6 Å². The smallest absolute Gasteiger partial charge is 0.493 e. The SMILES string of the molecule is Cc1c(O)n(-c2ccc(OC(F)(F)F)cc2)c(=O)n1C(c1ccncc1)C1COCCN1. The second-order valence-corrected chi connectivity index (χ2v) is 7.30. The number of nitrogens with zero attached hydrogens (tertiary/aromatic N) is 3. The Morgan fingerprint density at radius 2 is 1.91 bits per heavy atom. The maximum absolute atomic E-state index is 13.5. The minimum atomic E-state index is -4.83. The molecule has 3 heterocycles. The van der Waals surface area contributed by atoms with E-state index in [0.29, 0.717) is 25.5 Å². The molecule has 170 valence electrons. The number of aromatic hydroxyl groups is 1. The normalized spacial score (nSPS) is 17.8. The van der Waals surface area contributed by atoms with Crippen molar-refractivity contribution in [3.8, 4) is 17.3 Å². The molecule has 0 spiro atoms. The number of alkyl halides is 3. The molecule has 0 amide bonds. The third kappa shape index (κ3) is 4.34. The molecule has 32 heavy (non-hydrogen) atoms. The van der Waals surface area contributed by atoms with Crippen molar-refractivity contribution in [3.05, 3.63) is 70.5 Å². The van der Waals surface area contributed by atoms with Gasteiger partial charge in [0.2, 0.25) is 5.88 Å². The molecule has 2 aromatic heterocycles. The predicted octanol–water partition coefficient (Wildman–Crippen LogP) is 2.52. The zero-order valence-corrected chi connectivity index (χ0v) is 17.0. The molecule has 1 aliphatic heterocycles. The topological polar surface area (TPSA) is 90.5 Å². The number of pyridine rings is 1. The van der Waals surface area contributed by atoms with Crippen LogP contribution >= 0.6 is 0 Å². The summed E-state index contributed by atoms with van der Waals surface area (Å²) in [4.78, 5) is 17.5. The van der Waals surface area contributed by atoms with Crippen molar-refractivity contribution < 1.29 is 27.8 Å². The van der Waals surface area contributed by atoms with E-state index in [9.17, 15) is 23.1 Å². The van der Waals surface area contributed by atoms with Crippen LogP contribution in [0, 0.1) is 6.92 Å². The number of hydrogen-bond donors (Lipinski definition) is 2. The van der Waals surface area contributed by atoms with Crippen molar-refractivity contribution in [3.63, 3.8) is 0 Å². The van der Waals surface area contributed by atoms with Crippen molar-refractivity contribution in [2.45, 2.75) is 25.4 Å². The molecule has 1 aliphatic rings. The molecule has 2 unspecified atom stereocenters. The van der Waals surface area contributed by atoms with Crippen molar-refractivity contribution >= 4 is 0 Å². The third-order valence-corrected chi connectivity index (χ3v) is 5.28. The molecule has 11 heteroatoms. The van der Waals surface area contributed by atoms with Crippen LogP contribution in [-0.2, 0) is 4.74 Å². The van der Waals surface area contributed by atoms with E-state index in [0.717, 1.165) is 22.3 Å². The average molecular weight is 450 g/mol. The van der Waals surface area contributed by atoms with Crippen molar-refractivity contribution in [1.82, 2.24) is 19.4 Å². The lowest BCUT2D eigenvalue weighted by Gasteiger charge is -2.32. The molecule has 2 atom stereocenters. The molecule has 0 radical (unpaired) electrons. The summed E-state index contributed by atoms with van der Waals surface area (Å²) in [6, 6.07) is 7.52. The molecule has 0 aliphatic carbocycles. The fraction of sp³-hybridized carbons (Fsp3) is 0.333. The Morgan fingerprint density at radius 3 is 2.50 bits per heavy atom. The Bertz CT molecular complexity index is 1120. The quantitative estimate of drug-likeness (QED) is 0.621. The molecule has 1 aromatic carbocycles. The fourth-order valence-electron chi connectivity index (χ4n) is 3.88. The van der Waals surface area contributed by atoms with Gasteiger partial charge in [0, 0.05) is 18.9 Å². The van der Waals surface area contributed by atoms with Crippen LogP contribution < -0.4 is 15.7 Å². The highest BCUT2D eigenvalue weighted by molar-refractivity contribution is 5.42. The molecule has 1 fully saturated rings. The monoisotopic (exact) mass is 450 g/mol. The summed E-state index contributed by atoms with van der Waals surface area (Å²) >= 11 is 0. The summed E-state index contributed by atoms with van der Waals surface area (Å²) in [7, 11) is 0. The number of ether oxygens (including phenoxy) is 2. The Hall–Kier alpha value is -3.31. The van der Waals surface area contributed by atoms with Crippen LogP contribution in [0.4, 0.5) is 13.2 Å². The maximum atomic E-state index is 13.5. The number of rotatable bonds is 5. The van der Waals surface area contributed by atoms with Gasteiger partial charge in [0.15, 0.2) is 0 Å². The number of imidazole rings is 1. The molecular weight excluding hydrogens is 429 g/mol. The summed E-state index contributed by atoms with van der Waals surface area (Å²) < 4.78 is 49.3. The zero-order chi connectivity index (χ0) is 22.9. The Kier molecular flexibility index (Phi) is 5.94. The summed E-state index contributed by atoms with van der Waals surface area (Å²) in [5.74, 6) is -0.738. The first-order chi connectivity index (χ1) is 15.3. The van der Waals surface area contributed by atoms with Crippen LogP contribution in [-0.4, -0.2) is 51.4 Å². The molecular formula is C21H21F3N4O4. The largest absolute Gasteiger partial charge is 0.573 e. The van der Waals surface area contributed by atoms with E-state index in [1.54, 1.807) is 31.5 Å². The molecule has 1 saturated heterocycles. The number of hydrogen-bond acceptors (Lipinski definition) is 6. The molecule has 0 saturated carbocycles. The van der Waals surface area contributed by atoms with E-state index in [2.05, 4.69) is 15.0 Å². The molecule has 3 aromatic rings. The van der Waals surface area contributed by atoms with Gasteiger partial charge in [-0.05, 0) is 48.9 Å². The molecule has 8 nitrogen and oxygen atoms in total. The van der Waals surface area contributed by atoms with Gasteiger partial charge in [-0.1, -0.05) is 0 Å². The third-order valence-electron chi connectivity index (χ3n) is 5.28. The first kappa shape index (κ1) is 21.9. The van der Waals surface area contributed by atoms with Crippen LogP contribution in [0.3, 0.4) is 0 Å². The first-order valence-corrected chi connectivity index (χ1v) is 9.86. The average Bonchev–Trinajstić information content (AvgIpc) is 2.99. The zero-order valence-electron chi connectivity index (χ0n) is 17.0. The summed E-state index contributed by atoms with van der Waals surface area (Å²) in [6.07, 6.45) is -1.60. The summed E-state index contributed by atoms with van der Waals surface area (Å²) in [6.45, 7) is 3.11. The fourth-order valence-corrected chi connectivity index (χ4v) is 3.88. The minimum absolute atomic E-state index is 0.199. The number of halogens is 3. The van der Waals surface area contributed by atoms with E-state index in [1.807, 2.05) is 0 Å². The van der Waals surface area contributed by atoms with Crippen LogP contribution in [0.2, 0.25) is 0 Å². The Balaban J connectivity index is 1.78. The lowest BCUT2D eigenvalue weighted by atomic mass is 9.99. The molecule has 4 rings (SSSR count). The van der Waals surface area contributed by atoms with E-state index in [4.69, 9.17) is 4.74 Å². The number of benzene rings is 1. The lowest BCUT2D eigenvalue weighted by Crippen LogP contribution is -2.49. The number of nitrogens with one attached hydrogen (secondary N) is 1. The lowest BCUT2D eigenvalue weighted by molar-refractivity contribution is -0.274. The van der Waals surface area contributed by atoms with Crippen LogP contribution in [0.1, 0.15) is 17.3 Å². The summed E-state index contributed by atoms with van der Waals surface area (Å²) in [5.41, 5.74) is 0.753. The molecule has 2 N–H and O–H groups in total. The van der Waals surface area contributed by atoms with Crippen molar-refractivity contribution in [1.29, 1.82) is 0 Å². The highest BCUT2D eigenvalue weighted by Gasteiger charge is 2.33. The van der Waals surface area contributed by atoms with Crippen molar-refractivity contribution in [2.75, 3.05) is 19.8 Å². The molecule has 0 bridgehead atoms. The highest BCUT2D eigenvalue weighted by Crippen LogP contribution is 2.30. The van der Waals surface area contributed by atoms with Gasteiger partial charge in [-0.2, -0.15) is 0 Å². The van der Waals surface area contributed by atoms with E-state index in [1.165, 1.54) is 16.7 Å².